The number of ether oxygens (including phenoxy) is 2. The predicted octanol–water partition coefficient (Wildman–Crippen LogP) is 16.9. The first-order valence-corrected chi connectivity index (χ1v) is 50.8. The predicted molar refractivity (Wildman–Crippen MR) is 515 cm³/mol. The van der Waals surface area contributed by atoms with Gasteiger partial charge in [0, 0.05) is 132 Å². The van der Waals surface area contributed by atoms with Crippen molar-refractivity contribution in [2.45, 2.75) is 194 Å². The van der Waals surface area contributed by atoms with Crippen molar-refractivity contribution >= 4 is 147 Å². The topological polar surface area (TPSA) is 350 Å². The number of hydrogen-bond donors (Lipinski definition) is 2. The third-order valence-electron chi connectivity index (χ3n) is 24.6. The average molecular weight is 1870 g/mol. The molecule has 0 aliphatic carbocycles. The molecule has 24 nitrogen and oxygen atoms in total. The van der Waals surface area contributed by atoms with Gasteiger partial charge in [-0.05, 0) is 239 Å². The van der Waals surface area contributed by atoms with E-state index in [0.29, 0.717) is 78.0 Å². The first-order chi connectivity index (χ1) is 61.6. The minimum Gasteiger partial charge on any atom is -0.748 e. The van der Waals surface area contributed by atoms with Crippen molar-refractivity contribution in [1.29, 1.82) is 0 Å². The van der Waals surface area contributed by atoms with Crippen molar-refractivity contribution in [2.75, 3.05) is 72.3 Å². The second-order valence-electron chi connectivity index (χ2n) is 35.5. The van der Waals surface area contributed by atoms with Crippen LogP contribution in [0.4, 0.5) is 28.4 Å². The summed E-state index contributed by atoms with van der Waals surface area (Å²) in [6, 6.07) is 55.2. The first kappa shape index (κ1) is 103. The van der Waals surface area contributed by atoms with Crippen LogP contribution in [0.1, 0.15) is 194 Å². The summed E-state index contributed by atoms with van der Waals surface area (Å²) in [5.41, 5.74) is 12.9. The van der Waals surface area contributed by atoms with Crippen LogP contribution in [0.25, 0.3) is 43.1 Å². The maximum absolute atomic E-state index is 12.2. The monoisotopic (exact) mass is 1870 g/mol. The molecule has 0 aromatic heterocycles. The van der Waals surface area contributed by atoms with Gasteiger partial charge in [-0.25, -0.2) is 25.3 Å². The standard InChI is InChI=1S/C47H56N2O9S2.C30H32N2O4S.C21H25NO3.C4H8O3S.Na/c1-46(2)41(48(28-12-15-31-59(52,53)54)39-26-23-34-17-10-11-18-37(34)44(39)46)19-7-5-8-20-42-47(3,4)45-38-33-36(58-30-14-6-9-21-43(50)51)25-22-35(38)24-27-40(45)49(42)29-13-16-32-60(55,56)57;1-23(33)31(25-14-5-4-6-15-25)20-10-9-17-28-30(2,3)29-26-16-8-7-13-24(26)18-19-27(29)32(28)21-11-12-22-37(34,35)36;1-14-21(2,3)20-17-13-16(25-12-6-4-5-7-19(23)24)10-8-15(17)9-11-18(20)22-14;5-8(6)4-2-1-3-7-8;/h5,7-8,10-11,17-20,22-27,33H,6,9,12-16,21,28-32H2,1-4H3,(H2-,50,51,52,53,54,55,56,57);4-10,13-20H,11-12,21-22H2,1-3H3;8-11,13H,4-7,12H2,1-3H3,(H,23,24);1-4H2;/q;;;;+1/p-1. The number of carbonyl (C=O) groups is 3. The van der Waals surface area contributed by atoms with Gasteiger partial charge >= 0.3 is 41.5 Å². The molecular formula is C102H120N5NaO19S4. The van der Waals surface area contributed by atoms with Crippen LogP contribution in [0.15, 0.2) is 229 Å². The number of para-hydroxylation sites is 1. The van der Waals surface area contributed by atoms with E-state index >= 15 is 0 Å². The third-order valence-corrected chi connectivity index (χ3v) is 28.2. The maximum Gasteiger partial charge on any atom is 1.00 e. The van der Waals surface area contributed by atoms with Gasteiger partial charge < -0.3 is 38.2 Å². The van der Waals surface area contributed by atoms with Crippen LogP contribution in [0, 0.1) is 0 Å². The molecule has 131 heavy (non-hydrogen) atoms. The smallest absolute Gasteiger partial charge is 0.748 e. The minimum absolute atomic E-state index is 0. The van der Waals surface area contributed by atoms with Crippen molar-refractivity contribution in [3.05, 3.63) is 247 Å². The molecule has 14 rings (SSSR count). The van der Waals surface area contributed by atoms with E-state index in [1.165, 1.54) is 39.8 Å². The number of anilines is 2. The molecule has 5 aliphatic rings. The Morgan fingerprint density at radius 3 is 1.45 bits per heavy atom. The normalized spacial score (nSPS) is 16.5. The molecule has 692 valence electrons. The molecular weight excluding hydrogens is 1750 g/mol. The van der Waals surface area contributed by atoms with E-state index < -0.39 is 69.3 Å². The number of nitrogens with zero attached hydrogens (tertiary/aromatic N) is 5. The SMILES string of the molecule is CC(=O)N(/C=C/C=C/C1=[N+](CCCCS(=O)(=O)[O-])c2ccc3ccccc3c2C1(C)C)c1ccccc1.CC1(C)C(=CC=CC=CC2=[N+](CCCCS(=O)(=O)[O-])c3ccc4ccc(OCCCCCC(=O)O)cc4c3C2(C)C)N(CCCCS(=O)(=O)[O-])c2ccc3ccccc3c21.CC1=Nc2ccc3ccc(OCCCCCC(=O)O)cc3c2C1(C)C.O=S1(=O)CCCCO1.[Na+]. The third kappa shape index (κ3) is 27.0. The molecule has 5 aliphatic heterocycles. The molecule has 0 bridgehead atoms. The van der Waals surface area contributed by atoms with Gasteiger partial charge in [-0.1, -0.05) is 143 Å². The van der Waals surface area contributed by atoms with Gasteiger partial charge in [-0.2, -0.15) is 17.6 Å². The van der Waals surface area contributed by atoms with Crippen LogP contribution in [0.2, 0.25) is 0 Å². The Morgan fingerprint density at radius 1 is 0.504 bits per heavy atom. The summed E-state index contributed by atoms with van der Waals surface area (Å²) in [4.78, 5) is 42.2. The first-order valence-electron chi connectivity index (χ1n) is 44.5. The zero-order chi connectivity index (χ0) is 94.0. The van der Waals surface area contributed by atoms with Gasteiger partial charge in [-0.3, -0.25) is 28.5 Å². The second-order valence-corrected chi connectivity index (χ2v) is 41.8. The zero-order valence-corrected chi connectivity index (χ0v) is 82.1. The molecule has 29 heteroatoms. The number of fused-ring (bicyclic) bond motifs is 12. The number of allylic oxidation sites excluding steroid dienone is 9. The van der Waals surface area contributed by atoms with Crippen molar-refractivity contribution in [3.63, 3.8) is 0 Å². The molecule has 2 N–H and O–H groups in total. The van der Waals surface area contributed by atoms with Gasteiger partial charge in [0.2, 0.25) is 17.3 Å². The van der Waals surface area contributed by atoms with E-state index in [0.717, 1.165) is 134 Å². The Labute approximate surface area is 794 Å². The van der Waals surface area contributed by atoms with Gasteiger partial charge in [0.15, 0.2) is 11.4 Å². The van der Waals surface area contributed by atoms with E-state index in [1.807, 2.05) is 103 Å². The molecule has 9 aromatic rings. The second kappa shape index (κ2) is 45.3. The summed E-state index contributed by atoms with van der Waals surface area (Å²) in [7, 11) is -15.9. The maximum atomic E-state index is 12.2. The number of unbranched alkanes of at least 4 members (excludes halogenated alkanes) is 7. The number of hydrogen-bond acceptors (Lipinski definition) is 19. The quantitative estimate of drug-likeness (QED) is 0.00919. The van der Waals surface area contributed by atoms with E-state index in [2.05, 4.69) is 190 Å². The van der Waals surface area contributed by atoms with Crippen LogP contribution in [-0.4, -0.2) is 164 Å². The fourth-order valence-corrected chi connectivity index (χ4v) is 20.7. The molecule has 0 atom stereocenters. The Hall–Kier alpha value is -9.82. The molecule has 5 heterocycles. The number of aliphatic carboxylic acids is 2. The van der Waals surface area contributed by atoms with Crippen molar-refractivity contribution in [2.24, 2.45) is 4.99 Å². The van der Waals surface area contributed by atoms with Crippen LogP contribution >= 0.6 is 0 Å². The molecule has 9 aromatic carbocycles. The Balaban J connectivity index is 0.000000211. The number of aliphatic imine (C=N–C) groups is 1. The van der Waals surface area contributed by atoms with Gasteiger partial charge in [0.1, 0.15) is 24.6 Å². The van der Waals surface area contributed by atoms with Gasteiger partial charge in [0.05, 0.1) is 72.4 Å². The number of carboxylic acids is 2. The number of carboxylic acid groups (broad SMARTS) is 2. The molecule has 0 spiro atoms. The molecule has 0 radical (unpaired) electrons. The summed E-state index contributed by atoms with van der Waals surface area (Å²) in [6.07, 6.45) is 26.8. The molecule has 1 amide bonds. The number of benzene rings is 9. The Bertz CT molecular complexity index is 6420. The number of rotatable bonds is 36. The van der Waals surface area contributed by atoms with E-state index in [4.69, 9.17) is 24.7 Å². The van der Waals surface area contributed by atoms with Crippen molar-refractivity contribution < 1.29 is 124 Å². The average Bonchev–Trinajstić information content (AvgIpc) is 1.58. The summed E-state index contributed by atoms with van der Waals surface area (Å²) in [5.74, 6) is -0.992. The zero-order valence-electron chi connectivity index (χ0n) is 76.9. The van der Waals surface area contributed by atoms with E-state index in [1.54, 1.807) is 11.1 Å². The fraction of sp³-hybridized carbons (Fsp3) is 0.392. The largest absolute Gasteiger partial charge is 1.00 e. The Kier molecular flexibility index (Phi) is 35.7. The van der Waals surface area contributed by atoms with Crippen molar-refractivity contribution in [1.82, 2.24) is 0 Å². The van der Waals surface area contributed by atoms with Crippen LogP contribution in [-0.2, 0) is 80.7 Å². The molecule has 1 saturated heterocycles. The summed E-state index contributed by atoms with van der Waals surface area (Å²) >= 11 is 0. The fourth-order valence-electron chi connectivity index (χ4n) is 17.9. The number of amides is 1. The van der Waals surface area contributed by atoms with Crippen LogP contribution < -0.4 is 48.8 Å². The Morgan fingerprint density at radius 2 is 0.962 bits per heavy atom. The van der Waals surface area contributed by atoms with Crippen molar-refractivity contribution in [3.8, 4) is 11.5 Å². The molecule has 1 fully saturated rings. The summed E-state index contributed by atoms with van der Waals surface area (Å²) in [6.45, 7) is 24.3. The number of carbonyl (C=O) groups excluding carboxylic acids is 1. The minimum atomic E-state index is -4.33. The summed E-state index contributed by atoms with van der Waals surface area (Å²) < 4.78 is 143. The summed E-state index contributed by atoms with van der Waals surface area (Å²) in [5, 5.41) is 26.7. The molecule has 0 saturated carbocycles. The van der Waals surface area contributed by atoms with E-state index in [-0.39, 0.29) is 88.9 Å². The van der Waals surface area contributed by atoms with Crippen LogP contribution in [0.3, 0.4) is 0 Å². The van der Waals surface area contributed by atoms with E-state index in [9.17, 15) is 61.7 Å². The molecule has 0 unspecified atom stereocenters. The van der Waals surface area contributed by atoms with Gasteiger partial charge in [0.25, 0.3) is 10.1 Å². The van der Waals surface area contributed by atoms with Crippen LogP contribution in [0.5, 0.6) is 11.5 Å². The van der Waals surface area contributed by atoms with Gasteiger partial charge in [-0.15, -0.1) is 0 Å².